The van der Waals surface area contributed by atoms with Gasteiger partial charge in [0.2, 0.25) is 0 Å². The topological polar surface area (TPSA) is 28.4 Å². The first-order valence-corrected chi connectivity index (χ1v) is 9.32. The molecule has 3 nitrogen and oxygen atoms in total. The van der Waals surface area contributed by atoms with Gasteiger partial charge in [-0.2, -0.15) is 0 Å². The molecule has 1 N–H and O–H groups in total. The van der Waals surface area contributed by atoms with Crippen LogP contribution in [0.3, 0.4) is 0 Å². The van der Waals surface area contributed by atoms with E-state index >= 15 is 0 Å². The Hall–Kier alpha value is -1.88. The van der Waals surface area contributed by atoms with Gasteiger partial charge in [-0.15, -0.1) is 0 Å². The molecule has 0 fully saturated rings. The quantitative estimate of drug-likeness (QED) is 0.746. The summed E-state index contributed by atoms with van der Waals surface area (Å²) in [4.78, 5) is 2.33. The summed E-state index contributed by atoms with van der Waals surface area (Å²) < 4.78 is 15.4. The number of nitrogens with zero attached hydrogens (tertiary/aromatic N) is 2. The van der Waals surface area contributed by atoms with Crippen LogP contribution in [0.15, 0.2) is 42.5 Å². The van der Waals surface area contributed by atoms with Gasteiger partial charge in [-0.05, 0) is 54.9 Å². The first-order valence-electron chi connectivity index (χ1n) is 8.94. The van der Waals surface area contributed by atoms with Gasteiger partial charge in [0.15, 0.2) is 0 Å². The third kappa shape index (κ3) is 3.25. The number of hydrogen-bond acceptors (Lipinski definition) is 2. The molecule has 0 spiro atoms. The molecule has 0 saturated heterocycles. The van der Waals surface area contributed by atoms with Crippen molar-refractivity contribution in [3.05, 3.63) is 70.1 Å². The Morgan fingerprint density at radius 2 is 1.85 bits per heavy atom. The molecule has 4 rings (SSSR count). The maximum absolute atomic E-state index is 13.2. The van der Waals surface area contributed by atoms with Crippen molar-refractivity contribution in [2.24, 2.45) is 0 Å². The van der Waals surface area contributed by atoms with Gasteiger partial charge in [0.05, 0.1) is 12.6 Å². The molecular formula is C21H22ClFN2O. The predicted molar refractivity (Wildman–Crippen MR) is 103 cm³/mol. The largest absolute Gasteiger partial charge is 0.387 e. The first kappa shape index (κ1) is 17.5. The molecule has 1 unspecified atom stereocenters. The Morgan fingerprint density at radius 3 is 2.62 bits per heavy atom. The molecule has 0 aliphatic carbocycles. The minimum Gasteiger partial charge on any atom is -0.387 e. The Labute approximate surface area is 157 Å². The van der Waals surface area contributed by atoms with Crippen molar-refractivity contribution in [1.82, 2.24) is 9.47 Å². The monoisotopic (exact) mass is 372 g/mol. The van der Waals surface area contributed by atoms with Gasteiger partial charge < -0.3 is 14.6 Å². The summed E-state index contributed by atoms with van der Waals surface area (Å²) in [5.74, 6) is -0.293. The Kier molecular flexibility index (Phi) is 4.74. The average molecular weight is 373 g/mol. The van der Waals surface area contributed by atoms with Crippen LogP contribution < -0.4 is 0 Å². The van der Waals surface area contributed by atoms with Crippen LogP contribution in [0.2, 0.25) is 5.02 Å². The second kappa shape index (κ2) is 7.03. The van der Waals surface area contributed by atoms with Crippen molar-refractivity contribution in [2.45, 2.75) is 25.5 Å². The van der Waals surface area contributed by atoms with Crippen LogP contribution in [-0.2, 0) is 19.4 Å². The number of aliphatic hydroxyl groups is 1. The highest BCUT2D eigenvalue weighted by Gasteiger charge is 2.22. The van der Waals surface area contributed by atoms with E-state index in [0.29, 0.717) is 6.54 Å². The van der Waals surface area contributed by atoms with E-state index in [0.717, 1.165) is 42.0 Å². The third-order valence-electron chi connectivity index (χ3n) is 5.33. The lowest BCUT2D eigenvalue weighted by molar-refractivity contribution is 0.157. The summed E-state index contributed by atoms with van der Waals surface area (Å²) in [5, 5.41) is 12.6. The fourth-order valence-corrected chi connectivity index (χ4v) is 4.07. The number of rotatable bonds is 3. The molecule has 1 aliphatic rings. The van der Waals surface area contributed by atoms with E-state index < -0.39 is 6.10 Å². The zero-order chi connectivity index (χ0) is 18.3. The fraction of sp³-hybridized carbons (Fsp3) is 0.333. The van der Waals surface area contributed by atoms with Gasteiger partial charge in [0.1, 0.15) is 5.82 Å². The maximum atomic E-state index is 13.2. The van der Waals surface area contributed by atoms with Crippen molar-refractivity contribution in [3.8, 4) is 0 Å². The highest BCUT2D eigenvalue weighted by atomic mass is 35.5. The first-order chi connectivity index (χ1) is 12.5. The summed E-state index contributed by atoms with van der Waals surface area (Å²) in [6.07, 6.45) is 1.23. The van der Waals surface area contributed by atoms with E-state index in [1.807, 2.05) is 18.2 Å². The van der Waals surface area contributed by atoms with E-state index in [-0.39, 0.29) is 5.82 Å². The van der Waals surface area contributed by atoms with Crippen LogP contribution in [-0.4, -0.2) is 34.7 Å². The molecule has 0 saturated carbocycles. The molecule has 1 atom stereocenters. The number of hydrogen-bond donors (Lipinski definition) is 1. The van der Waals surface area contributed by atoms with Gasteiger partial charge in [-0.25, -0.2) is 4.39 Å². The summed E-state index contributed by atoms with van der Waals surface area (Å²) >= 11 is 6.25. The molecule has 1 aliphatic heterocycles. The predicted octanol–water partition coefficient (Wildman–Crippen LogP) is 4.20. The SMILES string of the molecule is CN1CCc2c(n(CC(O)c3ccc(F)cc3)c3ccc(Cl)cc23)CC1. The molecule has 136 valence electrons. The van der Waals surface area contributed by atoms with Gasteiger partial charge in [0, 0.05) is 41.1 Å². The van der Waals surface area contributed by atoms with E-state index in [2.05, 4.69) is 16.5 Å². The summed E-state index contributed by atoms with van der Waals surface area (Å²) in [6.45, 7) is 2.45. The highest BCUT2D eigenvalue weighted by Crippen LogP contribution is 2.32. The van der Waals surface area contributed by atoms with Crippen molar-refractivity contribution >= 4 is 22.5 Å². The molecule has 1 aromatic heterocycles. The average Bonchev–Trinajstić information content (AvgIpc) is 2.76. The normalized spacial score (nSPS) is 16.5. The molecule has 26 heavy (non-hydrogen) atoms. The second-order valence-corrected chi connectivity index (χ2v) is 7.50. The zero-order valence-electron chi connectivity index (χ0n) is 14.8. The lowest BCUT2D eigenvalue weighted by Crippen LogP contribution is -2.21. The molecule has 5 heteroatoms. The van der Waals surface area contributed by atoms with E-state index in [9.17, 15) is 9.50 Å². The number of aliphatic hydroxyl groups excluding tert-OH is 1. The van der Waals surface area contributed by atoms with E-state index in [1.54, 1.807) is 12.1 Å². The van der Waals surface area contributed by atoms with Crippen LogP contribution >= 0.6 is 11.6 Å². The van der Waals surface area contributed by atoms with Crippen LogP contribution in [0.4, 0.5) is 4.39 Å². The van der Waals surface area contributed by atoms with Crippen molar-refractivity contribution in [2.75, 3.05) is 20.1 Å². The molecule has 0 amide bonds. The number of fused-ring (bicyclic) bond motifs is 3. The summed E-state index contributed by atoms with van der Waals surface area (Å²) in [6, 6.07) is 12.0. The summed E-state index contributed by atoms with van der Waals surface area (Å²) in [5.41, 5.74) is 4.43. The molecule has 2 heterocycles. The Balaban J connectivity index is 1.77. The van der Waals surface area contributed by atoms with Crippen molar-refractivity contribution in [3.63, 3.8) is 0 Å². The fourth-order valence-electron chi connectivity index (χ4n) is 3.90. The third-order valence-corrected chi connectivity index (χ3v) is 5.57. The molecule has 0 bridgehead atoms. The minimum absolute atomic E-state index is 0.293. The lowest BCUT2D eigenvalue weighted by Gasteiger charge is -2.17. The van der Waals surface area contributed by atoms with Gasteiger partial charge in [0.25, 0.3) is 0 Å². The lowest BCUT2D eigenvalue weighted by atomic mass is 10.1. The maximum Gasteiger partial charge on any atom is 0.123 e. The van der Waals surface area contributed by atoms with E-state index in [1.165, 1.54) is 28.8 Å². The minimum atomic E-state index is -0.688. The standard InChI is InChI=1S/C21H22ClFN2O/c1-24-10-8-17-18-12-15(22)4-7-19(18)25(20(17)9-11-24)13-21(26)14-2-5-16(23)6-3-14/h2-7,12,21,26H,8-11,13H2,1H3. The molecule has 3 aromatic rings. The Bertz CT molecular complexity index is 935. The molecule has 2 aromatic carbocycles. The van der Waals surface area contributed by atoms with Crippen LogP contribution in [0.5, 0.6) is 0 Å². The number of aromatic nitrogens is 1. The van der Waals surface area contributed by atoms with Gasteiger partial charge in [-0.1, -0.05) is 23.7 Å². The zero-order valence-corrected chi connectivity index (χ0v) is 15.5. The second-order valence-electron chi connectivity index (χ2n) is 7.07. The highest BCUT2D eigenvalue weighted by molar-refractivity contribution is 6.31. The van der Waals surface area contributed by atoms with Gasteiger partial charge in [-0.3, -0.25) is 0 Å². The van der Waals surface area contributed by atoms with Crippen molar-refractivity contribution < 1.29 is 9.50 Å². The Morgan fingerprint density at radius 1 is 1.12 bits per heavy atom. The van der Waals surface area contributed by atoms with Gasteiger partial charge >= 0.3 is 0 Å². The van der Waals surface area contributed by atoms with E-state index in [4.69, 9.17) is 11.6 Å². The molecular weight excluding hydrogens is 351 g/mol. The molecule has 0 radical (unpaired) electrons. The van der Waals surface area contributed by atoms with Crippen LogP contribution in [0.25, 0.3) is 10.9 Å². The summed E-state index contributed by atoms with van der Waals surface area (Å²) in [7, 11) is 2.14. The van der Waals surface area contributed by atoms with Crippen LogP contribution in [0, 0.1) is 5.82 Å². The smallest absolute Gasteiger partial charge is 0.123 e. The van der Waals surface area contributed by atoms with Crippen molar-refractivity contribution in [1.29, 1.82) is 0 Å². The van der Waals surface area contributed by atoms with Crippen LogP contribution in [0.1, 0.15) is 22.9 Å². The number of halogens is 2. The number of likely N-dealkylation sites (N-methyl/N-ethyl adjacent to an activating group) is 1. The number of benzene rings is 2.